The van der Waals surface area contributed by atoms with Gasteiger partial charge in [-0.15, -0.1) is 0 Å². The number of fused-ring (bicyclic) bond motifs is 1. The van der Waals surface area contributed by atoms with Crippen molar-refractivity contribution in [2.24, 2.45) is 0 Å². The van der Waals surface area contributed by atoms with Crippen LogP contribution in [0.2, 0.25) is 0 Å². The third-order valence-corrected chi connectivity index (χ3v) is 4.45. The summed E-state index contributed by atoms with van der Waals surface area (Å²) in [6, 6.07) is 8.05. The summed E-state index contributed by atoms with van der Waals surface area (Å²) in [7, 11) is 2.49. The van der Waals surface area contributed by atoms with Crippen LogP contribution in [0, 0.1) is 0 Å². The molecule has 0 radical (unpaired) electrons. The van der Waals surface area contributed by atoms with Gasteiger partial charge in [0.15, 0.2) is 0 Å². The van der Waals surface area contributed by atoms with Gasteiger partial charge in [0.05, 0.1) is 37.9 Å². The summed E-state index contributed by atoms with van der Waals surface area (Å²) >= 11 is 0. The van der Waals surface area contributed by atoms with E-state index in [1.807, 2.05) is 0 Å². The lowest BCUT2D eigenvalue weighted by Gasteiger charge is -2.37. The quantitative estimate of drug-likeness (QED) is 0.782. The standard InChI is InChI=1S/C19H17F3N2O4/c1-27-16-8-7-11(19(20,21)22)9-15(16)24-14(10-17(25)28-2)12-5-3-4-6-13(12)23-18(24)26/h3-9,14H,10H2,1-2H3,(H,23,26). The molecule has 0 saturated carbocycles. The number of hydrogen-bond donors (Lipinski definition) is 1. The number of ether oxygens (including phenoxy) is 2. The molecule has 0 spiro atoms. The van der Waals surface area contributed by atoms with E-state index in [1.165, 1.54) is 14.2 Å². The number of esters is 1. The maximum absolute atomic E-state index is 13.2. The molecule has 6 nitrogen and oxygen atoms in total. The van der Waals surface area contributed by atoms with Gasteiger partial charge in [-0.05, 0) is 29.8 Å². The Morgan fingerprint density at radius 2 is 1.89 bits per heavy atom. The van der Waals surface area contributed by atoms with Gasteiger partial charge in [-0.3, -0.25) is 9.69 Å². The van der Waals surface area contributed by atoms with Crippen molar-refractivity contribution in [2.75, 3.05) is 24.4 Å². The lowest BCUT2D eigenvalue weighted by atomic mass is 9.96. The van der Waals surface area contributed by atoms with Crippen LogP contribution in [0.3, 0.4) is 0 Å². The van der Waals surface area contributed by atoms with E-state index < -0.39 is 29.8 Å². The van der Waals surface area contributed by atoms with Gasteiger partial charge in [-0.25, -0.2) is 4.79 Å². The van der Waals surface area contributed by atoms with Crippen LogP contribution >= 0.6 is 0 Å². The van der Waals surface area contributed by atoms with Gasteiger partial charge in [-0.1, -0.05) is 18.2 Å². The van der Waals surface area contributed by atoms with Gasteiger partial charge in [0.25, 0.3) is 0 Å². The van der Waals surface area contributed by atoms with Gasteiger partial charge in [0, 0.05) is 5.69 Å². The predicted molar refractivity (Wildman–Crippen MR) is 95.3 cm³/mol. The Morgan fingerprint density at radius 1 is 1.18 bits per heavy atom. The number of carbonyl (C=O) groups excluding carboxylic acids is 2. The van der Waals surface area contributed by atoms with Crippen LogP contribution in [-0.2, 0) is 15.7 Å². The number of nitrogens with zero attached hydrogens (tertiary/aromatic N) is 1. The first kappa shape index (κ1) is 19.5. The van der Waals surface area contributed by atoms with Crippen molar-refractivity contribution in [3.8, 4) is 5.75 Å². The van der Waals surface area contributed by atoms with E-state index in [0.717, 1.165) is 23.1 Å². The van der Waals surface area contributed by atoms with E-state index in [2.05, 4.69) is 5.32 Å². The van der Waals surface area contributed by atoms with Gasteiger partial charge >= 0.3 is 18.2 Å². The summed E-state index contributed by atoms with van der Waals surface area (Å²) in [5, 5.41) is 2.64. The highest BCUT2D eigenvalue weighted by Gasteiger charge is 2.38. The second-order valence-electron chi connectivity index (χ2n) is 6.07. The monoisotopic (exact) mass is 394 g/mol. The molecule has 1 atom stereocenters. The lowest BCUT2D eigenvalue weighted by Crippen LogP contribution is -2.43. The third kappa shape index (κ3) is 3.60. The zero-order chi connectivity index (χ0) is 20.5. The van der Waals surface area contributed by atoms with Crippen molar-refractivity contribution in [1.82, 2.24) is 0 Å². The number of para-hydroxylation sites is 1. The van der Waals surface area contributed by atoms with E-state index in [0.29, 0.717) is 11.3 Å². The average molecular weight is 394 g/mol. The Morgan fingerprint density at radius 3 is 2.54 bits per heavy atom. The van der Waals surface area contributed by atoms with Crippen molar-refractivity contribution in [2.45, 2.75) is 18.6 Å². The average Bonchev–Trinajstić information content (AvgIpc) is 2.66. The number of methoxy groups -OCH3 is 2. The number of anilines is 2. The first-order chi connectivity index (χ1) is 13.3. The molecular formula is C19H17F3N2O4. The molecule has 2 aromatic carbocycles. The van der Waals surface area contributed by atoms with Gasteiger partial charge < -0.3 is 14.8 Å². The predicted octanol–water partition coefficient (Wildman–Crippen LogP) is 4.37. The van der Waals surface area contributed by atoms with Crippen molar-refractivity contribution in [3.63, 3.8) is 0 Å². The molecule has 1 heterocycles. The van der Waals surface area contributed by atoms with Gasteiger partial charge in [0.1, 0.15) is 5.75 Å². The Kier molecular flexibility index (Phi) is 5.17. The van der Waals surface area contributed by atoms with Crippen LogP contribution in [0.4, 0.5) is 29.3 Å². The second kappa shape index (κ2) is 7.41. The summed E-state index contributed by atoms with van der Waals surface area (Å²) < 4.78 is 49.6. The molecule has 0 aliphatic carbocycles. The fourth-order valence-corrected chi connectivity index (χ4v) is 3.13. The number of amides is 2. The van der Waals surface area contributed by atoms with Gasteiger partial charge in [-0.2, -0.15) is 13.2 Å². The zero-order valence-electron chi connectivity index (χ0n) is 15.0. The number of rotatable bonds is 4. The molecule has 2 aromatic rings. The lowest BCUT2D eigenvalue weighted by molar-refractivity contribution is -0.141. The maximum atomic E-state index is 13.2. The van der Waals surface area contributed by atoms with Crippen LogP contribution in [0.25, 0.3) is 0 Å². The minimum Gasteiger partial charge on any atom is -0.495 e. The fourth-order valence-electron chi connectivity index (χ4n) is 3.13. The van der Waals surface area contributed by atoms with Gasteiger partial charge in [0.2, 0.25) is 0 Å². The molecule has 1 aliphatic heterocycles. The van der Waals surface area contributed by atoms with Crippen molar-refractivity contribution in [1.29, 1.82) is 0 Å². The van der Waals surface area contributed by atoms with Crippen LogP contribution in [-0.4, -0.2) is 26.2 Å². The molecule has 1 unspecified atom stereocenters. The molecule has 9 heteroatoms. The van der Waals surface area contributed by atoms with E-state index in [4.69, 9.17) is 9.47 Å². The van der Waals surface area contributed by atoms with Crippen molar-refractivity contribution >= 4 is 23.4 Å². The highest BCUT2D eigenvalue weighted by molar-refractivity contribution is 6.06. The van der Waals surface area contributed by atoms with E-state index in [9.17, 15) is 22.8 Å². The minimum atomic E-state index is -4.61. The summed E-state index contributed by atoms with van der Waals surface area (Å²) in [6.45, 7) is 0. The minimum absolute atomic E-state index is 0.0670. The Balaban J connectivity index is 2.18. The van der Waals surface area contributed by atoms with Crippen LogP contribution in [0.5, 0.6) is 5.75 Å². The highest BCUT2D eigenvalue weighted by atomic mass is 19.4. The Bertz CT molecular complexity index is 914. The van der Waals surface area contributed by atoms with Crippen molar-refractivity contribution in [3.05, 3.63) is 53.6 Å². The van der Waals surface area contributed by atoms with Crippen LogP contribution < -0.4 is 15.0 Å². The van der Waals surface area contributed by atoms with Crippen LogP contribution in [0.1, 0.15) is 23.6 Å². The topological polar surface area (TPSA) is 67.9 Å². The van der Waals surface area contributed by atoms with E-state index >= 15 is 0 Å². The summed E-state index contributed by atoms with van der Waals surface area (Å²) in [5.41, 5.74) is 0.0144. The number of benzene rings is 2. The van der Waals surface area contributed by atoms with Crippen LogP contribution in [0.15, 0.2) is 42.5 Å². The molecular weight excluding hydrogens is 377 g/mol. The first-order valence-electron chi connectivity index (χ1n) is 8.27. The highest BCUT2D eigenvalue weighted by Crippen LogP contribution is 2.44. The molecule has 1 aliphatic rings. The Labute approximate surface area is 158 Å². The normalized spacial score (nSPS) is 16.2. The molecule has 3 rings (SSSR count). The summed E-state index contributed by atoms with van der Waals surface area (Å²) in [5.74, 6) is -0.539. The van der Waals surface area contributed by atoms with E-state index in [-0.39, 0.29) is 17.9 Å². The maximum Gasteiger partial charge on any atom is 0.416 e. The second-order valence-corrected chi connectivity index (χ2v) is 6.07. The number of carbonyl (C=O) groups is 2. The fraction of sp³-hybridized carbons (Fsp3) is 0.263. The molecule has 28 heavy (non-hydrogen) atoms. The summed E-state index contributed by atoms with van der Waals surface area (Å²) in [6.07, 6.45) is -4.84. The number of nitrogens with one attached hydrogen (secondary N) is 1. The molecule has 0 saturated heterocycles. The third-order valence-electron chi connectivity index (χ3n) is 4.45. The van der Waals surface area contributed by atoms with Crippen molar-refractivity contribution < 1.29 is 32.2 Å². The number of urea groups is 1. The molecule has 2 amide bonds. The number of hydrogen-bond acceptors (Lipinski definition) is 4. The molecule has 0 fully saturated rings. The zero-order valence-corrected chi connectivity index (χ0v) is 15.0. The SMILES string of the molecule is COC(=O)CC1c2ccccc2NC(=O)N1c1cc(C(F)(F)F)ccc1OC. The first-order valence-corrected chi connectivity index (χ1v) is 8.27. The molecule has 0 aromatic heterocycles. The summed E-state index contributed by atoms with van der Waals surface area (Å²) in [4.78, 5) is 25.8. The Hall–Kier alpha value is -3.23. The number of halogens is 3. The largest absolute Gasteiger partial charge is 0.495 e. The molecule has 148 valence electrons. The van der Waals surface area contributed by atoms with E-state index in [1.54, 1.807) is 24.3 Å². The molecule has 0 bridgehead atoms. The smallest absolute Gasteiger partial charge is 0.416 e. The molecule has 1 N–H and O–H groups in total. The number of alkyl halides is 3.